The standard InChI is InChI=1S/C13H21N3O2S/c1-5-18-11(17)13(9(2)3)6-7-16(8-13)12-15-14-10(4)19-12/h9H,5-8H2,1-4H3/t13-/m0/s1. The van der Waals surface area contributed by atoms with Crippen LogP contribution in [0.15, 0.2) is 0 Å². The fourth-order valence-corrected chi connectivity index (χ4v) is 3.27. The van der Waals surface area contributed by atoms with E-state index in [2.05, 4.69) is 28.9 Å². The molecular weight excluding hydrogens is 262 g/mol. The quantitative estimate of drug-likeness (QED) is 0.793. The molecule has 5 nitrogen and oxygen atoms in total. The molecule has 0 aromatic carbocycles. The molecule has 0 N–H and O–H groups in total. The van der Waals surface area contributed by atoms with Crippen molar-refractivity contribution in [1.82, 2.24) is 10.2 Å². The Morgan fingerprint density at radius 1 is 1.53 bits per heavy atom. The van der Waals surface area contributed by atoms with Crippen LogP contribution >= 0.6 is 11.3 Å². The SMILES string of the molecule is CCOC(=O)[C@@]1(C(C)C)CCN(c2nnc(C)s2)C1. The van der Waals surface area contributed by atoms with E-state index < -0.39 is 5.41 Å². The molecule has 0 bridgehead atoms. The topological polar surface area (TPSA) is 55.3 Å². The Balaban J connectivity index is 2.18. The zero-order valence-corrected chi connectivity index (χ0v) is 12.8. The second-order valence-corrected chi connectivity index (χ2v) is 6.47. The molecule has 1 aromatic heterocycles. The molecule has 0 aliphatic carbocycles. The summed E-state index contributed by atoms with van der Waals surface area (Å²) in [7, 11) is 0. The number of hydrogen-bond acceptors (Lipinski definition) is 6. The molecule has 6 heteroatoms. The van der Waals surface area contributed by atoms with Crippen LogP contribution < -0.4 is 4.90 Å². The van der Waals surface area contributed by atoms with Crippen molar-refractivity contribution in [2.24, 2.45) is 11.3 Å². The van der Waals surface area contributed by atoms with Crippen LogP contribution in [-0.2, 0) is 9.53 Å². The van der Waals surface area contributed by atoms with Crippen LogP contribution in [0.2, 0.25) is 0 Å². The van der Waals surface area contributed by atoms with Gasteiger partial charge in [-0.3, -0.25) is 4.79 Å². The van der Waals surface area contributed by atoms with Gasteiger partial charge in [-0.05, 0) is 26.2 Å². The van der Waals surface area contributed by atoms with Crippen LogP contribution in [0.3, 0.4) is 0 Å². The molecule has 0 amide bonds. The van der Waals surface area contributed by atoms with Gasteiger partial charge in [0.05, 0.1) is 12.0 Å². The van der Waals surface area contributed by atoms with Crippen LogP contribution in [0.4, 0.5) is 5.13 Å². The highest BCUT2D eigenvalue weighted by atomic mass is 32.1. The molecule has 2 heterocycles. The maximum atomic E-state index is 12.3. The van der Waals surface area contributed by atoms with E-state index >= 15 is 0 Å². The van der Waals surface area contributed by atoms with Gasteiger partial charge >= 0.3 is 5.97 Å². The van der Waals surface area contributed by atoms with Crippen molar-refractivity contribution < 1.29 is 9.53 Å². The summed E-state index contributed by atoms with van der Waals surface area (Å²) in [6.45, 7) is 9.93. The van der Waals surface area contributed by atoms with Crippen molar-refractivity contribution in [2.75, 3.05) is 24.6 Å². The summed E-state index contributed by atoms with van der Waals surface area (Å²) in [5.74, 6) is 0.180. The number of hydrogen-bond donors (Lipinski definition) is 0. The van der Waals surface area contributed by atoms with Gasteiger partial charge in [-0.15, -0.1) is 10.2 Å². The van der Waals surface area contributed by atoms with Gasteiger partial charge in [-0.1, -0.05) is 25.2 Å². The lowest BCUT2D eigenvalue weighted by atomic mass is 9.76. The smallest absolute Gasteiger partial charge is 0.314 e. The van der Waals surface area contributed by atoms with E-state index in [0.29, 0.717) is 13.2 Å². The summed E-state index contributed by atoms with van der Waals surface area (Å²) < 4.78 is 5.28. The zero-order valence-electron chi connectivity index (χ0n) is 12.0. The molecule has 1 fully saturated rings. The predicted octanol–water partition coefficient (Wildman–Crippen LogP) is 2.26. The number of aromatic nitrogens is 2. The molecule has 1 atom stereocenters. The maximum absolute atomic E-state index is 12.3. The molecule has 1 aromatic rings. The number of aryl methyl sites for hydroxylation is 1. The molecule has 2 rings (SSSR count). The number of esters is 1. The first kappa shape index (κ1) is 14.2. The van der Waals surface area contributed by atoms with Crippen LogP contribution in [0.1, 0.15) is 32.2 Å². The zero-order chi connectivity index (χ0) is 14.0. The largest absolute Gasteiger partial charge is 0.466 e. The Morgan fingerprint density at radius 2 is 2.26 bits per heavy atom. The highest BCUT2D eigenvalue weighted by Crippen LogP contribution is 2.41. The average Bonchev–Trinajstić information content (AvgIpc) is 2.95. The number of carbonyl (C=O) groups is 1. The molecule has 0 radical (unpaired) electrons. The Labute approximate surface area is 118 Å². The molecule has 106 valence electrons. The fraction of sp³-hybridized carbons (Fsp3) is 0.769. The van der Waals surface area contributed by atoms with Crippen molar-refractivity contribution >= 4 is 22.4 Å². The van der Waals surface area contributed by atoms with Gasteiger partial charge in [0.25, 0.3) is 0 Å². The Hall–Kier alpha value is -1.17. The van der Waals surface area contributed by atoms with E-state index in [-0.39, 0.29) is 11.9 Å². The minimum absolute atomic E-state index is 0.0752. The van der Waals surface area contributed by atoms with Gasteiger partial charge in [-0.25, -0.2) is 0 Å². The lowest BCUT2D eigenvalue weighted by molar-refractivity contribution is -0.156. The van der Waals surface area contributed by atoms with E-state index in [0.717, 1.165) is 23.1 Å². The number of anilines is 1. The van der Waals surface area contributed by atoms with Gasteiger partial charge < -0.3 is 9.64 Å². The number of ether oxygens (including phenoxy) is 1. The van der Waals surface area contributed by atoms with E-state index in [1.807, 2.05) is 13.8 Å². The second kappa shape index (κ2) is 5.45. The Morgan fingerprint density at radius 3 is 2.79 bits per heavy atom. The van der Waals surface area contributed by atoms with E-state index in [4.69, 9.17) is 4.74 Å². The summed E-state index contributed by atoms with van der Waals surface area (Å²) in [6, 6.07) is 0. The first-order valence-corrected chi connectivity index (χ1v) is 7.53. The van der Waals surface area contributed by atoms with Gasteiger partial charge in [0.15, 0.2) is 0 Å². The summed E-state index contributed by atoms with van der Waals surface area (Å²) in [5.41, 5.74) is -0.407. The summed E-state index contributed by atoms with van der Waals surface area (Å²) in [5, 5.41) is 10.1. The predicted molar refractivity (Wildman–Crippen MR) is 75.4 cm³/mol. The molecule has 0 spiro atoms. The van der Waals surface area contributed by atoms with Gasteiger partial charge in [0, 0.05) is 13.1 Å². The number of nitrogens with zero attached hydrogens (tertiary/aromatic N) is 3. The third kappa shape index (κ3) is 2.59. The Bertz CT molecular complexity index is 460. The van der Waals surface area contributed by atoms with E-state index in [1.165, 1.54) is 0 Å². The molecule has 19 heavy (non-hydrogen) atoms. The third-order valence-electron chi connectivity index (χ3n) is 3.87. The minimum atomic E-state index is -0.407. The molecule has 0 saturated carbocycles. The molecule has 1 aliphatic rings. The van der Waals surface area contributed by atoms with Gasteiger partial charge in [0.1, 0.15) is 5.01 Å². The van der Waals surface area contributed by atoms with Crippen molar-refractivity contribution in [2.45, 2.75) is 34.1 Å². The second-order valence-electron chi connectivity index (χ2n) is 5.31. The summed E-state index contributed by atoms with van der Waals surface area (Å²) >= 11 is 1.57. The average molecular weight is 283 g/mol. The van der Waals surface area contributed by atoms with Gasteiger partial charge in [0.2, 0.25) is 5.13 Å². The van der Waals surface area contributed by atoms with Gasteiger partial charge in [-0.2, -0.15) is 0 Å². The highest BCUT2D eigenvalue weighted by molar-refractivity contribution is 7.15. The summed E-state index contributed by atoms with van der Waals surface area (Å²) in [6.07, 6.45) is 0.822. The maximum Gasteiger partial charge on any atom is 0.314 e. The van der Waals surface area contributed by atoms with E-state index in [1.54, 1.807) is 11.3 Å². The van der Waals surface area contributed by atoms with Crippen LogP contribution in [0, 0.1) is 18.3 Å². The van der Waals surface area contributed by atoms with Crippen molar-refractivity contribution in [1.29, 1.82) is 0 Å². The number of carbonyl (C=O) groups excluding carboxylic acids is 1. The van der Waals surface area contributed by atoms with Crippen molar-refractivity contribution in [3.8, 4) is 0 Å². The Kier molecular flexibility index (Phi) is 4.08. The molecule has 1 saturated heterocycles. The fourth-order valence-electron chi connectivity index (χ4n) is 2.56. The lowest BCUT2D eigenvalue weighted by Gasteiger charge is -2.30. The van der Waals surface area contributed by atoms with E-state index in [9.17, 15) is 4.79 Å². The normalized spacial score (nSPS) is 23.1. The third-order valence-corrected chi connectivity index (χ3v) is 4.77. The first-order valence-electron chi connectivity index (χ1n) is 6.72. The highest BCUT2D eigenvalue weighted by Gasteiger charge is 2.48. The van der Waals surface area contributed by atoms with Crippen LogP contribution in [-0.4, -0.2) is 35.9 Å². The van der Waals surface area contributed by atoms with Crippen LogP contribution in [0.25, 0.3) is 0 Å². The lowest BCUT2D eigenvalue weighted by Crippen LogP contribution is -2.40. The van der Waals surface area contributed by atoms with Crippen molar-refractivity contribution in [3.05, 3.63) is 5.01 Å². The molecule has 0 unspecified atom stereocenters. The first-order chi connectivity index (χ1) is 8.99. The molecular formula is C13H21N3O2S. The minimum Gasteiger partial charge on any atom is -0.466 e. The number of rotatable bonds is 4. The summed E-state index contributed by atoms with van der Waals surface area (Å²) in [4.78, 5) is 14.5. The molecule has 1 aliphatic heterocycles. The monoisotopic (exact) mass is 283 g/mol. The van der Waals surface area contributed by atoms with Crippen LogP contribution in [0.5, 0.6) is 0 Å². The van der Waals surface area contributed by atoms with Crippen molar-refractivity contribution in [3.63, 3.8) is 0 Å².